The van der Waals surface area contributed by atoms with E-state index in [2.05, 4.69) is 0 Å². The quantitative estimate of drug-likeness (QED) is 0.596. The van der Waals surface area contributed by atoms with E-state index in [0.717, 1.165) is 6.07 Å². The molecule has 3 nitrogen and oxygen atoms in total. The van der Waals surface area contributed by atoms with Crippen LogP contribution in [0.25, 0.3) is 0 Å². The third-order valence-electron chi connectivity index (χ3n) is 2.20. The molecule has 1 aromatic rings. The highest BCUT2D eigenvalue weighted by Gasteiger charge is 2.27. The van der Waals surface area contributed by atoms with Gasteiger partial charge in [-0.1, -0.05) is 0 Å². The van der Waals surface area contributed by atoms with E-state index in [1.54, 1.807) is 0 Å². The fourth-order valence-electron chi connectivity index (χ4n) is 1.34. The lowest BCUT2D eigenvalue weighted by molar-refractivity contribution is 0.121. The molecule has 0 unspecified atom stereocenters. The van der Waals surface area contributed by atoms with Crippen molar-refractivity contribution in [3.8, 4) is 0 Å². The van der Waals surface area contributed by atoms with E-state index in [-0.39, 0.29) is 12.4 Å². The summed E-state index contributed by atoms with van der Waals surface area (Å²) in [6, 6.07) is 1.86. The molecule has 9 heteroatoms. The molecule has 1 rings (SSSR count). The Morgan fingerprint density at radius 1 is 1.21 bits per heavy atom. The molecule has 0 spiro atoms. The first-order valence-corrected chi connectivity index (χ1v) is 7.06. The van der Waals surface area contributed by atoms with Crippen molar-refractivity contribution in [1.29, 1.82) is 0 Å². The van der Waals surface area contributed by atoms with Crippen molar-refractivity contribution >= 4 is 21.6 Å². The van der Waals surface area contributed by atoms with Gasteiger partial charge in [0.25, 0.3) is 6.43 Å². The smallest absolute Gasteiger partial charge is 0.209 e. The summed E-state index contributed by atoms with van der Waals surface area (Å²) in [6.45, 7) is -1.42. The Bertz CT molecular complexity index is 538. The summed E-state index contributed by atoms with van der Waals surface area (Å²) in [5.41, 5.74) is 0. The van der Waals surface area contributed by atoms with E-state index in [9.17, 15) is 26.0 Å². The summed E-state index contributed by atoms with van der Waals surface area (Å²) in [6.07, 6.45) is -2.90. The Labute approximate surface area is 112 Å². The normalized spacial score (nSPS) is 12.4. The van der Waals surface area contributed by atoms with Crippen LogP contribution in [0.4, 0.5) is 17.6 Å². The van der Waals surface area contributed by atoms with Gasteiger partial charge in [-0.05, 0) is 18.2 Å². The van der Waals surface area contributed by atoms with Gasteiger partial charge in [-0.25, -0.2) is 26.0 Å². The van der Waals surface area contributed by atoms with Crippen molar-refractivity contribution in [2.24, 2.45) is 0 Å². The number of benzene rings is 1. The van der Waals surface area contributed by atoms with Gasteiger partial charge in [0, 0.05) is 12.4 Å². The molecule has 0 saturated carbocycles. The zero-order valence-electron chi connectivity index (χ0n) is 9.49. The lowest BCUT2D eigenvalue weighted by Gasteiger charge is -2.20. The largest absolute Gasteiger partial charge is 0.252 e. The van der Waals surface area contributed by atoms with E-state index in [4.69, 9.17) is 11.6 Å². The van der Waals surface area contributed by atoms with Crippen molar-refractivity contribution in [1.82, 2.24) is 4.31 Å². The maximum absolute atomic E-state index is 13.0. The van der Waals surface area contributed by atoms with Gasteiger partial charge in [0.15, 0.2) is 11.6 Å². The average Bonchev–Trinajstić information content (AvgIpc) is 2.31. The molecule has 0 radical (unpaired) electrons. The molecule has 0 aliphatic carbocycles. The lowest BCUT2D eigenvalue weighted by Crippen LogP contribution is -2.36. The van der Waals surface area contributed by atoms with E-state index in [1.807, 2.05) is 0 Å². The standard InChI is InChI=1S/C10H10ClF4NO2S/c11-3-4-16(6-10(14)15)19(17,18)7-1-2-8(12)9(13)5-7/h1-2,5,10H,3-4,6H2. The number of sulfonamides is 1. The fraction of sp³-hybridized carbons (Fsp3) is 0.400. The summed E-state index contributed by atoms with van der Waals surface area (Å²) >= 11 is 5.34. The summed E-state index contributed by atoms with van der Waals surface area (Å²) in [4.78, 5) is -0.600. The lowest BCUT2D eigenvalue weighted by atomic mass is 10.3. The van der Waals surface area contributed by atoms with Gasteiger partial charge in [0.1, 0.15) is 0 Å². The second kappa shape index (κ2) is 6.53. The Morgan fingerprint density at radius 3 is 2.32 bits per heavy atom. The summed E-state index contributed by atoms with van der Waals surface area (Å²) in [5, 5.41) is 0. The molecule has 0 saturated heterocycles. The first-order valence-electron chi connectivity index (χ1n) is 5.08. The van der Waals surface area contributed by atoms with Gasteiger partial charge < -0.3 is 0 Å². The number of nitrogens with zero attached hydrogens (tertiary/aromatic N) is 1. The average molecular weight is 320 g/mol. The molecular formula is C10H10ClF4NO2S. The van der Waals surface area contributed by atoms with Crippen molar-refractivity contribution in [2.75, 3.05) is 19.0 Å². The highest BCUT2D eigenvalue weighted by molar-refractivity contribution is 7.89. The molecular weight excluding hydrogens is 310 g/mol. The molecule has 0 N–H and O–H groups in total. The maximum Gasteiger partial charge on any atom is 0.252 e. The van der Waals surface area contributed by atoms with E-state index in [1.165, 1.54) is 0 Å². The van der Waals surface area contributed by atoms with E-state index in [0.29, 0.717) is 16.4 Å². The van der Waals surface area contributed by atoms with Gasteiger partial charge in [0.2, 0.25) is 10.0 Å². The molecule has 0 atom stereocenters. The predicted molar refractivity (Wildman–Crippen MR) is 61.8 cm³/mol. The van der Waals surface area contributed by atoms with Gasteiger partial charge in [-0.3, -0.25) is 0 Å². The van der Waals surface area contributed by atoms with Crippen LogP contribution in [0.1, 0.15) is 0 Å². The number of hydrogen-bond acceptors (Lipinski definition) is 2. The highest BCUT2D eigenvalue weighted by Crippen LogP contribution is 2.19. The Hall–Kier alpha value is -0.860. The predicted octanol–water partition coefficient (Wildman–Crippen LogP) is 2.46. The molecule has 19 heavy (non-hydrogen) atoms. The molecule has 0 aliphatic rings. The van der Waals surface area contributed by atoms with Crippen LogP contribution in [-0.2, 0) is 10.0 Å². The Balaban J connectivity index is 3.14. The minimum Gasteiger partial charge on any atom is -0.209 e. The Morgan fingerprint density at radius 2 is 1.84 bits per heavy atom. The van der Waals surface area contributed by atoms with Crippen LogP contribution in [-0.4, -0.2) is 38.1 Å². The monoisotopic (exact) mass is 319 g/mol. The van der Waals surface area contributed by atoms with Crippen LogP contribution >= 0.6 is 11.6 Å². The van der Waals surface area contributed by atoms with Crippen molar-refractivity contribution in [3.05, 3.63) is 29.8 Å². The highest BCUT2D eigenvalue weighted by atomic mass is 35.5. The minimum atomic E-state index is -4.34. The van der Waals surface area contributed by atoms with Crippen LogP contribution in [0, 0.1) is 11.6 Å². The van der Waals surface area contributed by atoms with Crippen LogP contribution in [0.2, 0.25) is 0 Å². The van der Waals surface area contributed by atoms with Gasteiger partial charge in [0.05, 0.1) is 11.4 Å². The van der Waals surface area contributed by atoms with E-state index < -0.39 is 39.5 Å². The third kappa shape index (κ3) is 4.05. The molecule has 0 aliphatic heterocycles. The minimum absolute atomic E-state index is 0.199. The fourth-order valence-corrected chi connectivity index (χ4v) is 3.08. The SMILES string of the molecule is O=S(=O)(c1ccc(F)c(F)c1)N(CCCl)CC(F)F. The zero-order valence-corrected chi connectivity index (χ0v) is 11.1. The third-order valence-corrected chi connectivity index (χ3v) is 4.23. The second-order valence-electron chi connectivity index (χ2n) is 3.52. The van der Waals surface area contributed by atoms with E-state index >= 15 is 0 Å². The molecule has 0 fully saturated rings. The Kier molecular flexibility index (Phi) is 5.57. The molecule has 1 aromatic carbocycles. The molecule has 0 bridgehead atoms. The van der Waals surface area contributed by atoms with Crippen LogP contribution < -0.4 is 0 Å². The topological polar surface area (TPSA) is 37.4 Å². The van der Waals surface area contributed by atoms with Gasteiger partial charge >= 0.3 is 0 Å². The van der Waals surface area contributed by atoms with Gasteiger partial charge in [-0.2, -0.15) is 4.31 Å². The molecule has 0 aromatic heterocycles. The van der Waals surface area contributed by atoms with Gasteiger partial charge in [-0.15, -0.1) is 11.6 Å². The number of hydrogen-bond donors (Lipinski definition) is 0. The van der Waals surface area contributed by atoms with Crippen LogP contribution in [0.3, 0.4) is 0 Å². The zero-order chi connectivity index (χ0) is 14.6. The van der Waals surface area contributed by atoms with Crippen molar-refractivity contribution < 1.29 is 26.0 Å². The molecule has 0 heterocycles. The summed E-state index contributed by atoms with van der Waals surface area (Å²) < 4.78 is 74.7. The first-order chi connectivity index (χ1) is 8.78. The number of rotatable bonds is 6. The summed E-state index contributed by atoms with van der Waals surface area (Å²) in [7, 11) is -4.34. The molecule has 0 amide bonds. The maximum atomic E-state index is 13.0. The number of alkyl halides is 3. The van der Waals surface area contributed by atoms with Crippen LogP contribution in [0.5, 0.6) is 0 Å². The number of halogens is 5. The summed E-state index contributed by atoms with van der Waals surface area (Å²) in [5.74, 6) is -2.80. The molecule has 108 valence electrons. The van der Waals surface area contributed by atoms with Crippen molar-refractivity contribution in [3.63, 3.8) is 0 Å². The first kappa shape index (κ1) is 16.2. The van der Waals surface area contributed by atoms with Crippen LogP contribution in [0.15, 0.2) is 23.1 Å². The second-order valence-corrected chi connectivity index (χ2v) is 5.83. The van der Waals surface area contributed by atoms with Crippen molar-refractivity contribution in [2.45, 2.75) is 11.3 Å².